The SMILES string of the molecule is Fc1ccc(NC2C3CC4CC(C3)CC2C4)cc1. The van der Waals surface area contributed by atoms with E-state index in [9.17, 15) is 4.39 Å². The van der Waals surface area contributed by atoms with E-state index in [1.807, 2.05) is 12.1 Å². The van der Waals surface area contributed by atoms with Crippen LogP contribution in [0.15, 0.2) is 24.3 Å². The molecule has 96 valence electrons. The third-order valence-corrected chi connectivity index (χ3v) is 5.40. The Balaban J connectivity index is 1.53. The van der Waals surface area contributed by atoms with Crippen molar-refractivity contribution in [1.29, 1.82) is 0 Å². The van der Waals surface area contributed by atoms with Gasteiger partial charge in [-0.2, -0.15) is 0 Å². The van der Waals surface area contributed by atoms with E-state index in [4.69, 9.17) is 0 Å². The lowest BCUT2D eigenvalue weighted by Gasteiger charge is -2.54. The minimum absolute atomic E-state index is 0.148. The molecular formula is C16H20FN. The van der Waals surface area contributed by atoms with Gasteiger partial charge in [0.25, 0.3) is 0 Å². The van der Waals surface area contributed by atoms with E-state index in [-0.39, 0.29) is 5.82 Å². The Bertz CT molecular complexity index is 411. The second kappa shape index (κ2) is 3.97. The third-order valence-electron chi connectivity index (χ3n) is 5.40. The summed E-state index contributed by atoms with van der Waals surface area (Å²) in [6, 6.07) is 7.50. The first-order chi connectivity index (χ1) is 8.78. The van der Waals surface area contributed by atoms with Crippen molar-refractivity contribution in [3.63, 3.8) is 0 Å². The van der Waals surface area contributed by atoms with Crippen LogP contribution in [0.1, 0.15) is 32.1 Å². The fourth-order valence-corrected chi connectivity index (χ4v) is 4.90. The fourth-order valence-electron chi connectivity index (χ4n) is 4.90. The number of hydrogen-bond acceptors (Lipinski definition) is 1. The van der Waals surface area contributed by atoms with Gasteiger partial charge in [0, 0.05) is 11.7 Å². The maximum Gasteiger partial charge on any atom is 0.123 e. The molecule has 0 aliphatic heterocycles. The molecule has 2 heteroatoms. The molecule has 4 bridgehead atoms. The Morgan fingerprint density at radius 3 is 1.94 bits per heavy atom. The van der Waals surface area contributed by atoms with Crippen molar-refractivity contribution in [1.82, 2.24) is 0 Å². The molecule has 5 rings (SSSR count). The average Bonchev–Trinajstić information content (AvgIpc) is 2.35. The maximum atomic E-state index is 12.9. The smallest absolute Gasteiger partial charge is 0.123 e. The van der Waals surface area contributed by atoms with Gasteiger partial charge in [0.05, 0.1) is 0 Å². The molecule has 0 heterocycles. The normalized spacial score (nSPS) is 41.1. The summed E-state index contributed by atoms with van der Waals surface area (Å²) < 4.78 is 12.9. The molecule has 0 spiro atoms. The van der Waals surface area contributed by atoms with Crippen molar-refractivity contribution in [3.05, 3.63) is 30.1 Å². The highest BCUT2D eigenvalue weighted by Gasteiger charge is 2.48. The Labute approximate surface area is 108 Å². The summed E-state index contributed by atoms with van der Waals surface area (Å²) in [4.78, 5) is 0. The summed E-state index contributed by atoms with van der Waals surface area (Å²) in [6.45, 7) is 0. The Morgan fingerprint density at radius 1 is 0.833 bits per heavy atom. The van der Waals surface area contributed by atoms with Crippen molar-refractivity contribution in [2.75, 3.05) is 5.32 Å². The molecule has 1 aromatic carbocycles. The van der Waals surface area contributed by atoms with Crippen LogP contribution >= 0.6 is 0 Å². The zero-order valence-corrected chi connectivity index (χ0v) is 10.6. The van der Waals surface area contributed by atoms with Crippen LogP contribution < -0.4 is 5.32 Å². The standard InChI is InChI=1S/C16H20FN/c17-14-1-3-15(4-2-14)18-16-12-6-10-5-11(8-12)9-13(16)7-10/h1-4,10-13,16,18H,5-9H2. The highest BCUT2D eigenvalue weighted by atomic mass is 19.1. The van der Waals surface area contributed by atoms with E-state index >= 15 is 0 Å². The molecule has 0 radical (unpaired) electrons. The summed E-state index contributed by atoms with van der Waals surface area (Å²) in [6.07, 6.45) is 7.19. The van der Waals surface area contributed by atoms with Gasteiger partial charge < -0.3 is 5.32 Å². The van der Waals surface area contributed by atoms with Crippen molar-refractivity contribution in [2.45, 2.75) is 38.1 Å². The zero-order chi connectivity index (χ0) is 12.1. The van der Waals surface area contributed by atoms with Crippen LogP contribution in [-0.2, 0) is 0 Å². The molecular weight excluding hydrogens is 225 g/mol. The molecule has 0 aromatic heterocycles. The molecule has 0 amide bonds. The molecule has 4 saturated carbocycles. The Morgan fingerprint density at radius 2 is 1.39 bits per heavy atom. The second-order valence-corrected chi connectivity index (χ2v) is 6.61. The van der Waals surface area contributed by atoms with Crippen LogP contribution in [0.3, 0.4) is 0 Å². The number of hydrogen-bond donors (Lipinski definition) is 1. The van der Waals surface area contributed by atoms with Crippen molar-refractivity contribution < 1.29 is 4.39 Å². The van der Waals surface area contributed by atoms with Crippen LogP contribution in [0.2, 0.25) is 0 Å². The molecule has 4 aliphatic rings. The van der Waals surface area contributed by atoms with Gasteiger partial charge in [-0.3, -0.25) is 0 Å². The topological polar surface area (TPSA) is 12.0 Å². The minimum atomic E-state index is -0.148. The van der Waals surface area contributed by atoms with Crippen LogP contribution in [0, 0.1) is 29.5 Å². The largest absolute Gasteiger partial charge is 0.382 e. The molecule has 1 N–H and O–H groups in total. The number of benzene rings is 1. The molecule has 4 fully saturated rings. The van der Waals surface area contributed by atoms with Crippen molar-refractivity contribution >= 4 is 5.69 Å². The molecule has 0 atom stereocenters. The predicted octanol–water partition coefficient (Wildman–Crippen LogP) is 4.06. The van der Waals surface area contributed by atoms with Crippen molar-refractivity contribution in [3.8, 4) is 0 Å². The van der Waals surface area contributed by atoms with Gasteiger partial charge in [0.1, 0.15) is 5.82 Å². The average molecular weight is 245 g/mol. The maximum absolute atomic E-state index is 12.9. The summed E-state index contributed by atoms with van der Waals surface area (Å²) in [5, 5.41) is 3.68. The van der Waals surface area contributed by atoms with Gasteiger partial charge in [-0.05, 0) is 80.0 Å². The number of rotatable bonds is 2. The van der Waals surface area contributed by atoms with Gasteiger partial charge in [-0.15, -0.1) is 0 Å². The highest BCUT2D eigenvalue weighted by molar-refractivity contribution is 5.44. The second-order valence-electron chi connectivity index (χ2n) is 6.61. The minimum Gasteiger partial charge on any atom is -0.382 e. The molecule has 0 saturated heterocycles. The van der Waals surface area contributed by atoms with Gasteiger partial charge in [-0.25, -0.2) is 4.39 Å². The van der Waals surface area contributed by atoms with Crippen LogP contribution in [0.5, 0.6) is 0 Å². The quantitative estimate of drug-likeness (QED) is 0.828. The van der Waals surface area contributed by atoms with Crippen LogP contribution in [0.25, 0.3) is 0 Å². The number of halogens is 1. The summed E-state index contributed by atoms with van der Waals surface area (Å²) >= 11 is 0. The van der Waals surface area contributed by atoms with E-state index in [0.29, 0.717) is 6.04 Å². The Hall–Kier alpha value is -1.05. The van der Waals surface area contributed by atoms with Gasteiger partial charge in [0.15, 0.2) is 0 Å². The number of nitrogens with one attached hydrogen (secondary N) is 1. The van der Waals surface area contributed by atoms with Gasteiger partial charge in [-0.1, -0.05) is 0 Å². The lowest BCUT2D eigenvalue weighted by Crippen LogP contribution is -2.51. The first-order valence-corrected chi connectivity index (χ1v) is 7.30. The Kier molecular flexibility index (Phi) is 2.39. The fraction of sp³-hybridized carbons (Fsp3) is 0.625. The van der Waals surface area contributed by atoms with E-state index in [0.717, 1.165) is 29.4 Å². The van der Waals surface area contributed by atoms with Gasteiger partial charge in [0.2, 0.25) is 0 Å². The molecule has 0 unspecified atom stereocenters. The van der Waals surface area contributed by atoms with Crippen LogP contribution in [0.4, 0.5) is 10.1 Å². The summed E-state index contributed by atoms with van der Waals surface area (Å²) in [5.74, 6) is 3.61. The first kappa shape index (κ1) is 10.8. The van der Waals surface area contributed by atoms with Gasteiger partial charge >= 0.3 is 0 Å². The summed E-state index contributed by atoms with van der Waals surface area (Å²) in [7, 11) is 0. The molecule has 18 heavy (non-hydrogen) atoms. The van der Waals surface area contributed by atoms with E-state index < -0.39 is 0 Å². The first-order valence-electron chi connectivity index (χ1n) is 7.30. The lowest BCUT2D eigenvalue weighted by atomic mass is 9.54. The predicted molar refractivity (Wildman–Crippen MR) is 70.9 cm³/mol. The molecule has 4 aliphatic carbocycles. The van der Waals surface area contributed by atoms with Crippen LogP contribution in [-0.4, -0.2) is 6.04 Å². The number of anilines is 1. The van der Waals surface area contributed by atoms with E-state index in [1.54, 1.807) is 12.1 Å². The lowest BCUT2D eigenvalue weighted by molar-refractivity contribution is 0.00754. The third kappa shape index (κ3) is 1.73. The van der Waals surface area contributed by atoms with E-state index in [1.165, 1.54) is 32.1 Å². The molecule has 1 aromatic rings. The van der Waals surface area contributed by atoms with Crippen molar-refractivity contribution in [2.24, 2.45) is 23.7 Å². The molecule has 1 nitrogen and oxygen atoms in total. The summed E-state index contributed by atoms with van der Waals surface area (Å²) in [5.41, 5.74) is 1.09. The zero-order valence-electron chi connectivity index (χ0n) is 10.6. The van der Waals surface area contributed by atoms with E-state index in [2.05, 4.69) is 5.32 Å². The highest BCUT2D eigenvalue weighted by Crippen LogP contribution is 2.54. The monoisotopic (exact) mass is 245 g/mol.